The fraction of sp³-hybridized carbons (Fsp3) is 0.417. The summed E-state index contributed by atoms with van der Waals surface area (Å²) in [7, 11) is 0. The van der Waals surface area contributed by atoms with E-state index in [1.807, 2.05) is 6.92 Å². The van der Waals surface area contributed by atoms with Gasteiger partial charge in [0.05, 0.1) is 31.5 Å². The first-order valence-corrected chi connectivity index (χ1v) is 11.9. The number of nitrogens with zero attached hydrogens (tertiary/aromatic N) is 2. The molecule has 190 valence electrons. The van der Waals surface area contributed by atoms with Gasteiger partial charge in [-0.05, 0) is 46.8 Å². The van der Waals surface area contributed by atoms with Gasteiger partial charge in [-0.15, -0.1) is 0 Å². The van der Waals surface area contributed by atoms with Gasteiger partial charge in [-0.3, -0.25) is 9.59 Å². The average Bonchev–Trinajstić information content (AvgIpc) is 2.80. The van der Waals surface area contributed by atoms with Crippen LogP contribution in [0.2, 0.25) is 10.0 Å². The first-order chi connectivity index (χ1) is 16.8. The second kappa shape index (κ2) is 13.7. The van der Waals surface area contributed by atoms with Crippen molar-refractivity contribution in [2.45, 2.75) is 40.7 Å². The predicted molar refractivity (Wildman–Crippen MR) is 135 cm³/mol. The van der Waals surface area contributed by atoms with Gasteiger partial charge >= 0.3 is 0 Å². The van der Waals surface area contributed by atoms with E-state index in [9.17, 15) is 9.59 Å². The Bertz CT molecular complexity index is 1080. The normalized spacial score (nSPS) is 11.7. The first-order valence-electron chi connectivity index (χ1n) is 11.2. The minimum absolute atomic E-state index is 0.139. The van der Waals surface area contributed by atoms with Gasteiger partial charge in [0.2, 0.25) is 6.04 Å². The molecule has 0 radical (unpaired) electrons. The number of hydrogen-bond donors (Lipinski definition) is 1. The minimum Gasteiger partial charge on any atom is -0.494 e. The highest BCUT2D eigenvalue weighted by Gasteiger charge is 2.26. The van der Waals surface area contributed by atoms with Gasteiger partial charge in [0, 0.05) is 12.1 Å². The van der Waals surface area contributed by atoms with E-state index >= 15 is 0 Å². The van der Waals surface area contributed by atoms with Crippen molar-refractivity contribution in [1.82, 2.24) is 0 Å². The number of rotatable bonds is 13. The standard InChI is InChI=1S/C24H29Cl2N3O6/c1-6-32-15-12-16(25)23(35-9-4)17(13-15)28-29-21(14(5)30)24(31)27-22-19(34-8-3)11-10-18(20(22)26)33-7-2/h10-13,21H,6-9H2,1-5H3,(H,27,31). The van der Waals surface area contributed by atoms with Crippen LogP contribution >= 0.6 is 23.2 Å². The number of amides is 1. The molecule has 0 aromatic heterocycles. The molecular formula is C24H29Cl2N3O6. The van der Waals surface area contributed by atoms with E-state index < -0.39 is 17.7 Å². The van der Waals surface area contributed by atoms with Crippen LogP contribution in [-0.2, 0) is 9.59 Å². The predicted octanol–water partition coefficient (Wildman–Crippen LogP) is 6.27. The molecule has 0 aliphatic heterocycles. The Morgan fingerprint density at radius 2 is 1.51 bits per heavy atom. The summed E-state index contributed by atoms with van der Waals surface area (Å²) in [6, 6.07) is 4.94. The second-order valence-corrected chi connectivity index (χ2v) is 7.74. The molecule has 0 aliphatic rings. The molecule has 0 saturated carbocycles. The summed E-state index contributed by atoms with van der Waals surface area (Å²) in [5.41, 5.74) is 0.385. The number of carbonyl (C=O) groups excluding carboxylic acids is 2. The molecular weight excluding hydrogens is 497 g/mol. The molecule has 0 aliphatic carbocycles. The summed E-state index contributed by atoms with van der Waals surface area (Å²) in [4.78, 5) is 25.4. The van der Waals surface area contributed by atoms with Gasteiger partial charge in [-0.1, -0.05) is 23.2 Å². The van der Waals surface area contributed by atoms with E-state index in [-0.39, 0.29) is 27.2 Å². The highest BCUT2D eigenvalue weighted by atomic mass is 35.5. The maximum atomic E-state index is 13.1. The van der Waals surface area contributed by atoms with E-state index in [1.54, 1.807) is 45.0 Å². The summed E-state index contributed by atoms with van der Waals surface area (Å²) in [5, 5.41) is 11.1. The maximum absolute atomic E-state index is 13.1. The van der Waals surface area contributed by atoms with Gasteiger partial charge in [0.25, 0.3) is 5.91 Å². The van der Waals surface area contributed by atoms with Crippen molar-refractivity contribution in [2.24, 2.45) is 10.2 Å². The van der Waals surface area contributed by atoms with Crippen LogP contribution in [0.5, 0.6) is 23.0 Å². The molecule has 0 saturated heterocycles. The summed E-state index contributed by atoms with van der Waals surface area (Å²) in [6.07, 6.45) is 0. The van der Waals surface area contributed by atoms with Crippen molar-refractivity contribution in [3.63, 3.8) is 0 Å². The monoisotopic (exact) mass is 525 g/mol. The highest BCUT2D eigenvalue weighted by Crippen LogP contribution is 2.41. The molecule has 0 fully saturated rings. The molecule has 0 spiro atoms. The number of halogens is 2. The molecule has 2 rings (SSSR count). The van der Waals surface area contributed by atoms with Gasteiger partial charge in [-0.25, -0.2) is 0 Å². The van der Waals surface area contributed by atoms with Crippen LogP contribution in [0.15, 0.2) is 34.5 Å². The largest absolute Gasteiger partial charge is 0.494 e. The lowest BCUT2D eigenvalue weighted by molar-refractivity contribution is -0.126. The Morgan fingerprint density at radius 3 is 2.11 bits per heavy atom. The van der Waals surface area contributed by atoms with Crippen molar-refractivity contribution >= 4 is 46.3 Å². The fourth-order valence-corrected chi connectivity index (χ4v) is 3.51. The van der Waals surface area contributed by atoms with Crippen LogP contribution in [0.3, 0.4) is 0 Å². The molecule has 1 N–H and O–H groups in total. The van der Waals surface area contributed by atoms with Crippen LogP contribution in [0.4, 0.5) is 11.4 Å². The zero-order chi connectivity index (χ0) is 26.0. The number of ketones is 1. The summed E-state index contributed by atoms with van der Waals surface area (Å²) in [6.45, 7) is 9.87. The average molecular weight is 526 g/mol. The number of carbonyl (C=O) groups is 2. The number of ether oxygens (including phenoxy) is 4. The third-order valence-corrected chi connectivity index (χ3v) is 5.08. The Hall–Kier alpha value is -3.04. The van der Waals surface area contributed by atoms with Crippen LogP contribution < -0.4 is 24.3 Å². The zero-order valence-corrected chi connectivity index (χ0v) is 21.8. The molecule has 1 atom stereocenters. The number of benzene rings is 2. The first kappa shape index (κ1) is 28.2. The van der Waals surface area contributed by atoms with Gasteiger partial charge in [0.1, 0.15) is 33.6 Å². The number of Topliss-reactive ketones (excluding diaryl/α,β-unsaturated/α-hetero) is 1. The smallest absolute Gasteiger partial charge is 0.258 e. The summed E-state index contributed by atoms with van der Waals surface area (Å²) in [5.74, 6) is 0.102. The minimum atomic E-state index is -1.47. The Labute approximate surface area is 214 Å². The SMILES string of the molecule is CCOc1cc(Cl)c(OCC)c(N=NC(C(C)=O)C(=O)Nc2c(OCC)ccc(OCC)c2Cl)c1. The molecule has 1 amide bonds. The lowest BCUT2D eigenvalue weighted by Gasteiger charge is -2.17. The quantitative estimate of drug-likeness (QED) is 0.244. The van der Waals surface area contributed by atoms with Crippen LogP contribution in [0.1, 0.15) is 34.6 Å². The van der Waals surface area contributed by atoms with Gasteiger partial charge in [-0.2, -0.15) is 10.2 Å². The Kier molecular flexibility index (Phi) is 11.1. The molecule has 2 aromatic rings. The van der Waals surface area contributed by atoms with Crippen molar-refractivity contribution in [3.05, 3.63) is 34.3 Å². The zero-order valence-electron chi connectivity index (χ0n) is 20.3. The lowest BCUT2D eigenvalue weighted by atomic mass is 10.2. The maximum Gasteiger partial charge on any atom is 0.258 e. The third kappa shape index (κ3) is 7.47. The molecule has 0 heterocycles. The third-order valence-electron chi connectivity index (χ3n) is 4.43. The highest BCUT2D eigenvalue weighted by molar-refractivity contribution is 6.36. The van der Waals surface area contributed by atoms with Crippen LogP contribution in [0, 0.1) is 0 Å². The Balaban J connectivity index is 2.42. The molecule has 2 aromatic carbocycles. The topological polar surface area (TPSA) is 108 Å². The summed E-state index contributed by atoms with van der Waals surface area (Å²) >= 11 is 12.8. The lowest BCUT2D eigenvalue weighted by Crippen LogP contribution is -2.32. The van der Waals surface area contributed by atoms with E-state index in [1.165, 1.54) is 6.92 Å². The Morgan fingerprint density at radius 1 is 0.914 bits per heavy atom. The van der Waals surface area contributed by atoms with Gasteiger partial charge < -0.3 is 24.3 Å². The number of azo groups is 1. The van der Waals surface area contributed by atoms with Crippen molar-refractivity contribution < 1.29 is 28.5 Å². The van der Waals surface area contributed by atoms with Crippen LogP contribution in [-0.4, -0.2) is 44.2 Å². The molecule has 0 bridgehead atoms. The molecule has 11 heteroatoms. The number of nitrogens with one attached hydrogen (secondary N) is 1. The van der Waals surface area contributed by atoms with Gasteiger partial charge in [0.15, 0.2) is 11.5 Å². The van der Waals surface area contributed by atoms with Crippen molar-refractivity contribution in [2.75, 3.05) is 31.7 Å². The molecule has 35 heavy (non-hydrogen) atoms. The van der Waals surface area contributed by atoms with E-state index in [4.69, 9.17) is 42.1 Å². The molecule has 1 unspecified atom stereocenters. The van der Waals surface area contributed by atoms with E-state index in [0.717, 1.165) is 0 Å². The second-order valence-electron chi connectivity index (χ2n) is 6.95. The molecule has 9 nitrogen and oxygen atoms in total. The van der Waals surface area contributed by atoms with Crippen molar-refractivity contribution in [3.8, 4) is 23.0 Å². The van der Waals surface area contributed by atoms with E-state index in [2.05, 4.69) is 15.5 Å². The van der Waals surface area contributed by atoms with Crippen LogP contribution in [0.25, 0.3) is 0 Å². The fourth-order valence-electron chi connectivity index (χ4n) is 2.99. The number of hydrogen-bond acceptors (Lipinski definition) is 8. The number of anilines is 1. The van der Waals surface area contributed by atoms with E-state index in [0.29, 0.717) is 43.7 Å². The van der Waals surface area contributed by atoms with Crippen molar-refractivity contribution in [1.29, 1.82) is 0 Å². The summed E-state index contributed by atoms with van der Waals surface area (Å²) < 4.78 is 22.1.